The van der Waals surface area contributed by atoms with Crippen molar-refractivity contribution in [3.63, 3.8) is 0 Å². The SMILES string of the molecule is CCN1OCc2ccccc21.F[B-](F)(F)F. The lowest BCUT2D eigenvalue weighted by atomic mass is 10.2. The van der Waals surface area contributed by atoms with Crippen LogP contribution in [0, 0.1) is 0 Å². The maximum Gasteiger partial charge on any atom is 0.673 e. The zero-order chi connectivity index (χ0) is 12.2. The van der Waals surface area contributed by atoms with Crippen LogP contribution in [0.2, 0.25) is 0 Å². The van der Waals surface area contributed by atoms with Gasteiger partial charge in [0.2, 0.25) is 0 Å². The Bertz CT molecular complexity index is 339. The van der Waals surface area contributed by atoms with E-state index in [4.69, 9.17) is 4.84 Å². The van der Waals surface area contributed by atoms with Crippen molar-refractivity contribution in [3.05, 3.63) is 29.8 Å². The van der Waals surface area contributed by atoms with Crippen molar-refractivity contribution >= 4 is 12.9 Å². The van der Waals surface area contributed by atoms with Crippen LogP contribution in [0.15, 0.2) is 24.3 Å². The van der Waals surface area contributed by atoms with Gasteiger partial charge in [0.25, 0.3) is 0 Å². The van der Waals surface area contributed by atoms with E-state index in [0.29, 0.717) is 0 Å². The van der Waals surface area contributed by atoms with Gasteiger partial charge in [-0.1, -0.05) is 18.2 Å². The van der Waals surface area contributed by atoms with Crippen molar-refractivity contribution in [3.8, 4) is 0 Å². The van der Waals surface area contributed by atoms with Gasteiger partial charge in [-0.2, -0.15) is 0 Å². The Morgan fingerprint density at radius 1 is 1.25 bits per heavy atom. The van der Waals surface area contributed by atoms with E-state index in [1.165, 1.54) is 11.3 Å². The molecule has 0 fully saturated rings. The van der Waals surface area contributed by atoms with E-state index in [1.807, 2.05) is 17.2 Å². The summed E-state index contributed by atoms with van der Waals surface area (Å²) in [5, 5.41) is 1.93. The highest BCUT2D eigenvalue weighted by Gasteiger charge is 2.20. The average Bonchev–Trinajstić information content (AvgIpc) is 2.58. The number of anilines is 1. The van der Waals surface area contributed by atoms with Crippen LogP contribution in [0.3, 0.4) is 0 Å². The van der Waals surface area contributed by atoms with Gasteiger partial charge in [-0.15, -0.1) is 0 Å². The normalized spacial score (nSPS) is 14.2. The number of hydrogen-bond acceptors (Lipinski definition) is 2. The zero-order valence-corrected chi connectivity index (χ0v) is 8.67. The number of hydroxylamine groups is 1. The predicted octanol–water partition coefficient (Wildman–Crippen LogP) is 3.26. The van der Waals surface area contributed by atoms with Gasteiger partial charge in [0.15, 0.2) is 0 Å². The molecule has 1 aliphatic heterocycles. The highest BCUT2D eigenvalue weighted by molar-refractivity contribution is 6.50. The van der Waals surface area contributed by atoms with E-state index in [2.05, 4.69) is 19.1 Å². The van der Waals surface area contributed by atoms with Crippen LogP contribution in [0.25, 0.3) is 0 Å². The summed E-state index contributed by atoms with van der Waals surface area (Å²) in [6.45, 7) is 3.73. The van der Waals surface area contributed by atoms with Gasteiger partial charge >= 0.3 is 7.25 Å². The van der Waals surface area contributed by atoms with Gasteiger partial charge in [0.05, 0.1) is 5.69 Å². The summed E-state index contributed by atoms with van der Waals surface area (Å²) >= 11 is 0. The van der Waals surface area contributed by atoms with Gasteiger partial charge in [-0.3, -0.25) is 9.90 Å². The van der Waals surface area contributed by atoms with E-state index in [1.54, 1.807) is 0 Å². The molecule has 1 aromatic carbocycles. The molecule has 1 heterocycles. The van der Waals surface area contributed by atoms with Crippen LogP contribution >= 0.6 is 0 Å². The molecule has 7 heteroatoms. The number of halogens is 4. The van der Waals surface area contributed by atoms with E-state index in [-0.39, 0.29) is 0 Å². The molecule has 0 N–H and O–H groups in total. The van der Waals surface area contributed by atoms with E-state index in [9.17, 15) is 17.3 Å². The fourth-order valence-electron chi connectivity index (χ4n) is 1.35. The standard InChI is InChI=1S/C9H11NO.BF4/c1-2-10-9-6-4-3-5-8(9)7-11-10;2-1(3,4)5/h3-6H,2,7H2,1H3;/q;-1. The van der Waals surface area contributed by atoms with Crippen LogP contribution in [-0.4, -0.2) is 13.8 Å². The lowest BCUT2D eigenvalue weighted by molar-refractivity contribution is 0.120. The molecule has 0 bridgehead atoms. The van der Waals surface area contributed by atoms with Crippen LogP contribution < -0.4 is 5.06 Å². The van der Waals surface area contributed by atoms with Gasteiger partial charge in [0.1, 0.15) is 6.61 Å². The second-order valence-corrected chi connectivity index (χ2v) is 3.09. The lowest BCUT2D eigenvalue weighted by Crippen LogP contribution is -2.16. The third-order valence-corrected chi connectivity index (χ3v) is 1.92. The smallest absolute Gasteiger partial charge is 0.418 e. The molecule has 0 aromatic heterocycles. The monoisotopic (exact) mass is 236 g/mol. The number of fused-ring (bicyclic) bond motifs is 1. The number of benzene rings is 1. The largest absolute Gasteiger partial charge is 0.673 e. The molecule has 1 aromatic rings. The first-order valence-corrected chi connectivity index (χ1v) is 4.77. The minimum absolute atomic E-state index is 0.726. The Kier molecular flexibility index (Phi) is 4.17. The van der Waals surface area contributed by atoms with Crippen molar-refractivity contribution in [2.45, 2.75) is 13.5 Å². The van der Waals surface area contributed by atoms with Crippen molar-refractivity contribution in [2.75, 3.05) is 11.6 Å². The van der Waals surface area contributed by atoms with Crippen molar-refractivity contribution < 1.29 is 22.1 Å². The molecule has 0 amide bonds. The first kappa shape index (κ1) is 12.8. The van der Waals surface area contributed by atoms with E-state index in [0.717, 1.165) is 13.2 Å². The maximum absolute atomic E-state index is 9.75. The molecule has 0 radical (unpaired) electrons. The molecule has 16 heavy (non-hydrogen) atoms. The average molecular weight is 236 g/mol. The second kappa shape index (κ2) is 5.20. The molecule has 90 valence electrons. The van der Waals surface area contributed by atoms with Crippen molar-refractivity contribution in [1.82, 2.24) is 0 Å². The molecular weight excluding hydrogens is 225 g/mol. The summed E-state index contributed by atoms with van der Waals surface area (Å²) in [7, 11) is -6.00. The first-order chi connectivity index (χ1) is 7.42. The van der Waals surface area contributed by atoms with Crippen LogP contribution in [0.4, 0.5) is 23.0 Å². The molecule has 0 saturated carbocycles. The lowest BCUT2D eigenvalue weighted by Gasteiger charge is -2.13. The summed E-state index contributed by atoms with van der Waals surface area (Å²) in [6.07, 6.45) is 0. The zero-order valence-electron chi connectivity index (χ0n) is 8.67. The van der Waals surface area contributed by atoms with Crippen LogP contribution in [0.1, 0.15) is 12.5 Å². The molecule has 2 nitrogen and oxygen atoms in total. The Morgan fingerprint density at radius 2 is 1.81 bits per heavy atom. The third kappa shape index (κ3) is 4.10. The number of rotatable bonds is 1. The predicted molar refractivity (Wildman–Crippen MR) is 54.4 cm³/mol. The quantitative estimate of drug-likeness (QED) is 0.548. The van der Waals surface area contributed by atoms with Gasteiger partial charge in [-0.25, -0.2) is 0 Å². The van der Waals surface area contributed by atoms with Crippen molar-refractivity contribution in [2.24, 2.45) is 0 Å². The summed E-state index contributed by atoms with van der Waals surface area (Å²) in [6, 6.07) is 8.27. The Balaban J connectivity index is 0.000000221. The molecule has 2 rings (SSSR count). The van der Waals surface area contributed by atoms with E-state index < -0.39 is 7.25 Å². The highest BCUT2D eigenvalue weighted by Crippen LogP contribution is 2.27. The Morgan fingerprint density at radius 3 is 2.38 bits per heavy atom. The van der Waals surface area contributed by atoms with Crippen LogP contribution in [0.5, 0.6) is 0 Å². The third-order valence-electron chi connectivity index (χ3n) is 1.92. The second-order valence-electron chi connectivity index (χ2n) is 3.09. The summed E-state index contributed by atoms with van der Waals surface area (Å²) in [5.74, 6) is 0. The summed E-state index contributed by atoms with van der Waals surface area (Å²) in [5.41, 5.74) is 2.50. The molecular formula is C9H11BF4NO-. The number of para-hydroxylation sites is 1. The molecule has 0 spiro atoms. The fraction of sp³-hybridized carbons (Fsp3) is 0.333. The Labute approximate surface area is 90.9 Å². The summed E-state index contributed by atoms with van der Waals surface area (Å²) < 4.78 is 39.0. The highest BCUT2D eigenvalue weighted by atomic mass is 19.5. The fourth-order valence-corrected chi connectivity index (χ4v) is 1.35. The molecule has 0 unspecified atom stereocenters. The number of nitrogens with zero attached hydrogens (tertiary/aromatic N) is 1. The van der Waals surface area contributed by atoms with Gasteiger partial charge < -0.3 is 17.3 Å². The molecule has 0 atom stereocenters. The first-order valence-electron chi connectivity index (χ1n) is 4.77. The summed E-state index contributed by atoms with van der Waals surface area (Å²) in [4.78, 5) is 5.41. The van der Waals surface area contributed by atoms with Gasteiger partial charge in [-0.05, 0) is 13.0 Å². The van der Waals surface area contributed by atoms with E-state index >= 15 is 0 Å². The topological polar surface area (TPSA) is 12.5 Å². The minimum atomic E-state index is -6.00. The minimum Gasteiger partial charge on any atom is -0.418 e. The maximum atomic E-state index is 9.75. The van der Waals surface area contributed by atoms with Crippen LogP contribution in [-0.2, 0) is 11.4 Å². The van der Waals surface area contributed by atoms with Gasteiger partial charge in [0, 0.05) is 12.1 Å². The molecule has 0 saturated heterocycles. The molecule has 1 aliphatic rings. The van der Waals surface area contributed by atoms with Crippen molar-refractivity contribution in [1.29, 1.82) is 0 Å². The number of hydrogen-bond donors (Lipinski definition) is 0. The molecule has 0 aliphatic carbocycles. The Hall–Kier alpha value is -1.24.